The van der Waals surface area contributed by atoms with Crippen LogP contribution in [0.4, 0.5) is 4.39 Å². The SMILES string of the molecule is CCCn1cnnc1Cn1c(Cc2ccc(-c3cccc(OCc4ccc(Cl)cc4F)n3)cc2)nc2ccc(C(=O)O)cc21. The molecule has 0 saturated carbocycles. The molecule has 0 aliphatic rings. The summed E-state index contributed by atoms with van der Waals surface area (Å²) >= 11 is 5.84. The van der Waals surface area contributed by atoms with Crippen molar-refractivity contribution in [1.29, 1.82) is 0 Å². The highest BCUT2D eigenvalue weighted by molar-refractivity contribution is 6.30. The van der Waals surface area contributed by atoms with E-state index >= 15 is 0 Å². The topological polar surface area (TPSA) is 108 Å². The van der Waals surface area contributed by atoms with E-state index in [4.69, 9.17) is 21.3 Å². The van der Waals surface area contributed by atoms with Gasteiger partial charge in [-0.2, -0.15) is 0 Å². The van der Waals surface area contributed by atoms with Crippen LogP contribution in [0.3, 0.4) is 0 Å². The van der Waals surface area contributed by atoms with Crippen molar-refractivity contribution in [1.82, 2.24) is 29.3 Å². The van der Waals surface area contributed by atoms with Crippen molar-refractivity contribution in [2.24, 2.45) is 0 Å². The number of ether oxygens (including phenoxy) is 1. The fraction of sp³-hybridized carbons (Fsp3) is 0.182. The first-order valence-corrected chi connectivity index (χ1v) is 14.5. The molecule has 6 rings (SSSR count). The molecule has 0 amide bonds. The van der Waals surface area contributed by atoms with Crippen LogP contribution in [0.15, 0.2) is 85.2 Å². The fourth-order valence-electron chi connectivity index (χ4n) is 5.01. The van der Waals surface area contributed by atoms with Gasteiger partial charge in [0, 0.05) is 35.2 Å². The van der Waals surface area contributed by atoms with E-state index in [0.29, 0.717) is 40.6 Å². The van der Waals surface area contributed by atoms with Gasteiger partial charge in [-0.15, -0.1) is 10.2 Å². The lowest BCUT2D eigenvalue weighted by molar-refractivity contribution is 0.0697. The van der Waals surface area contributed by atoms with E-state index < -0.39 is 11.8 Å². The molecule has 0 unspecified atom stereocenters. The van der Waals surface area contributed by atoms with E-state index in [1.807, 2.05) is 45.5 Å². The average Bonchev–Trinajstić information content (AvgIpc) is 3.61. The lowest BCUT2D eigenvalue weighted by Crippen LogP contribution is -2.11. The quantitative estimate of drug-likeness (QED) is 0.172. The Morgan fingerprint density at radius 2 is 1.84 bits per heavy atom. The molecule has 0 aliphatic carbocycles. The van der Waals surface area contributed by atoms with Gasteiger partial charge in [-0.05, 0) is 48.4 Å². The van der Waals surface area contributed by atoms with Crippen LogP contribution in [0, 0.1) is 5.82 Å². The fourth-order valence-corrected chi connectivity index (χ4v) is 5.17. The van der Waals surface area contributed by atoms with E-state index in [9.17, 15) is 14.3 Å². The van der Waals surface area contributed by atoms with E-state index in [1.165, 1.54) is 6.07 Å². The van der Waals surface area contributed by atoms with Gasteiger partial charge in [0.25, 0.3) is 0 Å². The molecular formula is C33H28ClFN6O3. The molecule has 44 heavy (non-hydrogen) atoms. The molecule has 1 N–H and O–H groups in total. The van der Waals surface area contributed by atoms with Gasteiger partial charge in [-0.1, -0.05) is 54.9 Å². The van der Waals surface area contributed by atoms with Gasteiger partial charge in [-0.25, -0.2) is 19.2 Å². The molecule has 0 aliphatic heterocycles. The zero-order valence-electron chi connectivity index (χ0n) is 23.8. The maximum absolute atomic E-state index is 14.1. The van der Waals surface area contributed by atoms with Gasteiger partial charge in [0.15, 0.2) is 5.82 Å². The number of halogens is 2. The van der Waals surface area contributed by atoms with Crippen LogP contribution in [0.25, 0.3) is 22.3 Å². The van der Waals surface area contributed by atoms with Gasteiger partial charge in [0.05, 0.1) is 28.8 Å². The Labute approximate surface area is 257 Å². The maximum Gasteiger partial charge on any atom is 0.335 e. The Morgan fingerprint density at radius 3 is 2.61 bits per heavy atom. The second kappa shape index (κ2) is 12.6. The monoisotopic (exact) mass is 610 g/mol. The van der Waals surface area contributed by atoms with Gasteiger partial charge in [0.1, 0.15) is 24.6 Å². The van der Waals surface area contributed by atoms with Crippen molar-refractivity contribution in [3.8, 4) is 17.1 Å². The van der Waals surface area contributed by atoms with Crippen LogP contribution in [0.5, 0.6) is 5.88 Å². The largest absolute Gasteiger partial charge is 0.478 e. The molecule has 0 atom stereocenters. The van der Waals surface area contributed by atoms with Crippen molar-refractivity contribution in [2.75, 3.05) is 0 Å². The van der Waals surface area contributed by atoms with Crippen LogP contribution in [0.1, 0.15) is 46.5 Å². The van der Waals surface area contributed by atoms with Crippen molar-refractivity contribution in [3.63, 3.8) is 0 Å². The molecule has 222 valence electrons. The minimum absolute atomic E-state index is 0.0299. The smallest absolute Gasteiger partial charge is 0.335 e. The summed E-state index contributed by atoms with van der Waals surface area (Å²) in [4.78, 5) is 21.2. The normalized spacial score (nSPS) is 11.2. The third-order valence-corrected chi connectivity index (χ3v) is 7.50. The minimum atomic E-state index is -0.994. The molecule has 0 saturated heterocycles. The Hall–Kier alpha value is -5.09. The average molecular weight is 611 g/mol. The molecule has 0 radical (unpaired) electrons. The lowest BCUT2D eigenvalue weighted by atomic mass is 10.1. The number of nitrogens with zero attached hydrogens (tertiary/aromatic N) is 6. The number of hydrogen-bond donors (Lipinski definition) is 1. The summed E-state index contributed by atoms with van der Waals surface area (Å²) in [6, 6.07) is 22.9. The van der Waals surface area contributed by atoms with Gasteiger partial charge in [-0.3, -0.25) is 0 Å². The highest BCUT2D eigenvalue weighted by Gasteiger charge is 2.17. The number of rotatable bonds is 11. The number of aryl methyl sites for hydroxylation is 1. The molecule has 9 nitrogen and oxygen atoms in total. The van der Waals surface area contributed by atoms with Gasteiger partial charge >= 0.3 is 5.97 Å². The van der Waals surface area contributed by atoms with Gasteiger partial charge < -0.3 is 19.0 Å². The molecule has 0 bridgehead atoms. The second-order valence-corrected chi connectivity index (χ2v) is 10.8. The number of aromatic nitrogens is 6. The maximum atomic E-state index is 14.1. The third kappa shape index (κ3) is 6.30. The van der Waals surface area contributed by atoms with Crippen molar-refractivity contribution >= 4 is 28.6 Å². The summed E-state index contributed by atoms with van der Waals surface area (Å²) in [5, 5.41) is 18.3. The molecule has 3 heterocycles. The number of hydrogen-bond acceptors (Lipinski definition) is 6. The number of imidazole rings is 1. The summed E-state index contributed by atoms with van der Waals surface area (Å²) in [5.41, 5.74) is 4.65. The molecule has 0 spiro atoms. The summed E-state index contributed by atoms with van der Waals surface area (Å²) in [7, 11) is 0. The lowest BCUT2D eigenvalue weighted by Gasteiger charge is -2.11. The molecule has 3 aromatic heterocycles. The predicted molar refractivity (Wildman–Crippen MR) is 164 cm³/mol. The first-order valence-electron chi connectivity index (χ1n) is 14.1. The predicted octanol–water partition coefficient (Wildman–Crippen LogP) is 6.81. The van der Waals surface area contributed by atoms with Crippen LogP contribution < -0.4 is 4.74 Å². The number of benzene rings is 3. The zero-order chi connectivity index (χ0) is 30.6. The second-order valence-electron chi connectivity index (χ2n) is 10.3. The first-order chi connectivity index (χ1) is 21.4. The summed E-state index contributed by atoms with van der Waals surface area (Å²) < 4.78 is 23.9. The first kappa shape index (κ1) is 29.0. The van der Waals surface area contributed by atoms with Gasteiger partial charge in [0.2, 0.25) is 5.88 Å². The summed E-state index contributed by atoms with van der Waals surface area (Å²) in [6.45, 7) is 3.31. The van der Waals surface area contributed by atoms with Crippen molar-refractivity contribution in [3.05, 3.63) is 124 Å². The van der Waals surface area contributed by atoms with Crippen LogP contribution in [0.2, 0.25) is 5.02 Å². The molecule has 3 aromatic carbocycles. The Kier molecular flexibility index (Phi) is 8.33. The van der Waals surface area contributed by atoms with E-state index in [-0.39, 0.29) is 12.2 Å². The minimum Gasteiger partial charge on any atom is -0.478 e. The van der Waals surface area contributed by atoms with E-state index in [0.717, 1.165) is 41.3 Å². The van der Waals surface area contributed by atoms with Crippen LogP contribution in [-0.4, -0.2) is 40.4 Å². The number of fused-ring (bicyclic) bond motifs is 1. The van der Waals surface area contributed by atoms with E-state index in [2.05, 4.69) is 22.1 Å². The molecule has 6 aromatic rings. The van der Waals surface area contributed by atoms with Crippen molar-refractivity contribution < 1.29 is 19.0 Å². The van der Waals surface area contributed by atoms with Crippen LogP contribution in [-0.2, 0) is 26.1 Å². The number of carbonyl (C=O) groups is 1. The number of carboxylic acids is 1. The zero-order valence-corrected chi connectivity index (χ0v) is 24.6. The third-order valence-electron chi connectivity index (χ3n) is 7.26. The highest BCUT2D eigenvalue weighted by atomic mass is 35.5. The Bertz CT molecular complexity index is 1950. The van der Waals surface area contributed by atoms with E-state index in [1.54, 1.807) is 42.7 Å². The molecule has 11 heteroatoms. The van der Waals surface area contributed by atoms with Crippen LogP contribution >= 0.6 is 11.6 Å². The standard InChI is InChI=1S/C33H28ClFN6O3/c1-2-14-40-20-36-39-31(40)18-41-29-16-23(33(42)43)11-13-28(29)37-30(41)15-21-6-8-22(9-7-21)27-4-3-5-32(38-27)44-19-24-10-12-25(34)17-26(24)35/h3-13,16-17,20H,2,14-15,18-19H2,1H3,(H,42,43). The highest BCUT2D eigenvalue weighted by Crippen LogP contribution is 2.25. The van der Waals surface area contributed by atoms with Crippen molar-refractivity contribution in [2.45, 2.75) is 39.5 Å². The number of aromatic carboxylic acids is 1. The number of pyridine rings is 1. The Morgan fingerprint density at radius 1 is 1.00 bits per heavy atom. The molecular weight excluding hydrogens is 583 g/mol. The number of carboxylic acid groups (broad SMARTS) is 1. The summed E-state index contributed by atoms with van der Waals surface area (Å²) in [5.74, 6) is 0.514. The Balaban J connectivity index is 1.24. The summed E-state index contributed by atoms with van der Waals surface area (Å²) in [6.07, 6.45) is 3.16. The molecule has 0 fully saturated rings.